The van der Waals surface area contributed by atoms with E-state index in [1.807, 2.05) is 0 Å². The number of amides is 1. The second-order valence-corrected chi connectivity index (χ2v) is 5.40. The Morgan fingerprint density at radius 1 is 1.39 bits per heavy atom. The summed E-state index contributed by atoms with van der Waals surface area (Å²) in [5.41, 5.74) is 0.784. The molecule has 1 amide bonds. The number of methoxy groups -OCH3 is 1. The van der Waals surface area contributed by atoms with Gasteiger partial charge < -0.3 is 10.1 Å². The smallest absolute Gasteiger partial charge is 0.246 e. The van der Waals surface area contributed by atoms with Crippen molar-refractivity contribution in [2.45, 2.75) is 17.9 Å². The average Bonchev–Trinajstić information content (AvgIpc) is 2.28. The van der Waals surface area contributed by atoms with Gasteiger partial charge in [0.25, 0.3) is 0 Å². The maximum absolute atomic E-state index is 11.3. The molecule has 1 aromatic rings. The second-order valence-electron chi connectivity index (χ2n) is 3.84. The number of sulfonamides is 1. The largest absolute Gasteiger partial charge is 0.375 e. The molecule has 0 aliphatic rings. The van der Waals surface area contributed by atoms with E-state index in [0.29, 0.717) is 0 Å². The summed E-state index contributed by atoms with van der Waals surface area (Å²) < 4.78 is 26.8. The Kier molecular flexibility index (Phi) is 4.83. The molecule has 0 bridgehead atoms. The summed E-state index contributed by atoms with van der Waals surface area (Å²) in [4.78, 5) is 11.3. The minimum atomic E-state index is -3.68. The molecule has 100 valence electrons. The van der Waals surface area contributed by atoms with Gasteiger partial charge in [0, 0.05) is 7.11 Å². The molecule has 1 aromatic carbocycles. The molecule has 3 N–H and O–H groups in total. The Bertz CT molecular complexity index is 510. The third-order valence-electron chi connectivity index (χ3n) is 2.36. The topological polar surface area (TPSA) is 98.5 Å². The molecule has 0 radical (unpaired) electrons. The molecular formula is C11H16N2O4S. The van der Waals surface area contributed by atoms with Crippen LogP contribution in [-0.2, 0) is 19.6 Å². The van der Waals surface area contributed by atoms with E-state index in [4.69, 9.17) is 9.88 Å². The van der Waals surface area contributed by atoms with Crippen LogP contribution in [0.25, 0.3) is 0 Å². The van der Waals surface area contributed by atoms with Gasteiger partial charge in [0.1, 0.15) is 6.61 Å². The molecule has 0 aliphatic carbocycles. The predicted molar refractivity (Wildman–Crippen MR) is 66.2 cm³/mol. The number of ether oxygens (including phenoxy) is 1. The lowest BCUT2D eigenvalue weighted by molar-refractivity contribution is -0.125. The molecule has 0 saturated heterocycles. The SMILES string of the molecule is COCC(=O)NC(C)c1ccc(S(N)(=O)=O)cc1. The van der Waals surface area contributed by atoms with Crippen LogP contribution in [-0.4, -0.2) is 28.0 Å². The van der Waals surface area contributed by atoms with Crippen molar-refractivity contribution in [3.05, 3.63) is 29.8 Å². The van der Waals surface area contributed by atoms with Crippen LogP contribution in [0.5, 0.6) is 0 Å². The minimum absolute atomic E-state index is 0.0143. The summed E-state index contributed by atoms with van der Waals surface area (Å²) in [6.07, 6.45) is 0. The van der Waals surface area contributed by atoms with Crippen LogP contribution in [0.3, 0.4) is 0 Å². The molecule has 18 heavy (non-hydrogen) atoms. The summed E-state index contributed by atoms with van der Waals surface area (Å²) in [6.45, 7) is 1.78. The van der Waals surface area contributed by atoms with Crippen molar-refractivity contribution >= 4 is 15.9 Å². The van der Waals surface area contributed by atoms with Crippen molar-refractivity contribution in [3.8, 4) is 0 Å². The first kappa shape index (κ1) is 14.6. The summed E-state index contributed by atoms with van der Waals surface area (Å²) in [5, 5.41) is 7.70. The van der Waals surface area contributed by atoms with E-state index in [-0.39, 0.29) is 23.5 Å². The maximum Gasteiger partial charge on any atom is 0.246 e. The van der Waals surface area contributed by atoms with Crippen molar-refractivity contribution in [1.82, 2.24) is 5.32 Å². The predicted octanol–water partition coefficient (Wildman–Crippen LogP) is 0.158. The van der Waals surface area contributed by atoms with Gasteiger partial charge in [-0.15, -0.1) is 0 Å². The number of carbonyl (C=O) groups excluding carboxylic acids is 1. The van der Waals surface area contributed by atoms with Crippen molar-refractivity contribution in [2.75, 3.05) is 13.7 Å². The molecule has 0 saturated carbocycles. The average molecular weight is 272 g/mol. The Morgan fingerprint density at radius 3 is 2.39 bits per heavy atom. The van der Waals surface area contributed by atoms with Crippen molar-refractivity contribution in [3.63, 3.8) is 0 Å². The molecule has 1 rings (SSSR count). The van der Waals surface area contributed by atoms with E-state index in [1.165, 1.54) is 19.2 Å². The number of carbonyl (C=O) groups is 1. The molecule has 1 unspecified atom stereocenters. The highest BCUT2D eigenvalue weighted by molar-refractivity contribution is 7.89. The Labute approximate surface area is 106 Å². The highest BCUT2D eigenvalue weighted by Crippen LogP contribution is 2.15. The Morgan fingerprint density at radius 2 is 1.94 bits per heavy atom. The van der Waals surface area contributed by atoms with Gasteiger partial charge in [-0.25, -0.2) is 13.6 Å². The minimum Gasteiger partial charge on any atom is -0.375 e. The fourth-order valence-corrected chi connectivity index (χ4v) is 1.96. The maximum atomic E-state index is 11.3. The lowest BCUT2D eigenvalue weighted by atomic mass is 10.1. The highest BCUT2D eigenvalue weighted by Gasteiger charge is 2.11. The number of nitrogens with one attached hydrogen (secondary N) is 1. The molecule has 0 fully saturated rings. The van der Waals surface area contributed by atoms with Gasteiger partial charge in [0.05, 0.1) is 10.9 Å². The van der Waals surface area contributed by atoms with Crippen LogP contribution in [0, 0.1) is 0 Å². The van der Waals surface area contributed by atoms with E-state index < -0.39 is 10.0 Å². The molecule has 1 atom stereocenters. The fourth-order valence-electron chi connectivity index (χ4n) is 1.44. The van der Waals surface area contributed by atoms with Crippen LogP contribution in [0.15, 0.2) is 29.2 Å². The molecule has 7 heteroatoms. The fraction of sp³-hybridized carbons (Fsp3) is 0.364. The van der Waals surface area contributed by atoms with Gasteiger partial charge in [-0.3, -0.25) is 4.79 Å². The number of rotatable bonds is 5. The van der Waals surface area contributed by atoms with Crippen LogP contribution in [0.4, 0.5) is 0 Å². The summed E-state index contributed by atoms with van der Waals surface area (Å²) >= 11 is 0. The van der Waals surface area contributed by atoms with Gasteiger partial charge in [-0.1, -0.05) is 12.1 Å². The lowest BCUT2D eigenvalue weighted by Crippen LogP contribution is -2.29. The van der Waals surface area contributed by atoms with Crippen LogP contribution in [0.2, 0.25) is 0 Å². The third-order valence-corrected chi connectivity index (χ3v) is 3.29. The molecule has 0 spiro atoms. The first-order valence-corrected chi connectivity index (χ1v) is 6.80. The number of hydrogen-bond donors (Lipinski definition) is 2. The van der Waals surface area contributed by atoms with E-state index in [1.54, 1.807) is 19.1 Å². The Balaban J connectivity index is 2.76. The second kappa shape index (κ2) is 5.94. The number of nitrogens with two attached hydrogens (primary N) is 1. The van der Waals surface area contributed by atoms with Crippen LogP contribution >= 0.6 is 0 Å². The number of hydrogen-bond acceptors (Lipinski definition) is 4. The molecule has 6 nitrogen and oxygen atoms in total. The van der Waals surface area contributed by atoms with Gasteiger partial charge in [-0.2, -0.15) is 0 Å². The van der Waals surface area contributed by atoms with Gasteiger partial charge in [-0.05, 0) is 24.6 Å². The molecule has 0 aromatic heterocycles. The quantitative estimate of drug-likeness (QED) is 0.797. The number of primary sulfonamides is 1. The molecule has 0 aliphatic heterocycles. The normalized spacial score (nSPS) is 13.1. The highest BCUT2D eigenvalue weighted by atomic mass is 32.2. The van der Waals surface area contributed by atoms with Crippen molar-refractivity contribution < 1.29 is 17.9 Å². The van der Waals surface area contributed by atoms with Crippen molar-refractivity contribution in [1.29, 1.82) is 0 Å². The zero-order valence-corrected chi connectivity index (χ0v) is 11.0. The zero-order chi connectivity index (χ0) is 13.8. The van der Waals surface area contributed by atoms with Gasteiger partial charge in [0.15, 0.2) is 0 Å². The summed E-state index contributed by atoms with van der Waals surface area (Å²) in [5.74, 6) is -0.236. The van der Waals surface area contributed by atoms with E-state index in [2.05, 4.69) is 5.32 Å². The number of benzene rings is 1. The van der Waals surface area contributed by atoms with Crippen LogP contribution in [0.1, 0.15) is 18.5 Å². The van der Waals surface area contributed by atoms with E-state index in [9.17, 15) is 13.2 Å². The third kappa shape index (κ3) is 4.10. The van der Waals surface area contributed by atoms with Crippen molar-refractivity contribution in [2.24, 2.45) is 5.14 Å². The summed E-state index contributed by atoms with van der Waals surface area (Å²) in [7, 11) is -2.25. The van der Waals surface area contributed by atoms with Gasteiger partial charge >= 0.3 is 0 Å². The lowest BCUT2D eigenvalue weighted by Gasteiger charge is -2.14. The van der Waals surface area contributed by atoms with Gasteiger partial charge in [0.2, 0.25) is 15.9 Å². The van der Waals surface area contributed by atoms with E-state index in [0.717, 1.165) is 5.56 Å². The Hall–Kier alpha value is -1.44. The molecular weight excluding hydrogens is 256 g/mol. The zero-order valence-electron chi connectivity index (χ0n) is 10.2. The summed E-state index contributed by atoms with van der Waals surface area (Å²) in [6, 6.07) is 5.80. The standard InChI is InChI=1S/C11H16N2O4S/c1-8(13-11(14)7-17-2)9-3-5-10(6-4-9)18(12,15)16/h3-6,8H,7H2,1-2H3,(H,13,14)(H2,12,15,16). The monoisotopic (exact) mass is 272 g/mol. The molecule has 0 heterocycles. The van der Waals surface area contributed by atoms with E-state index >= 15 is 0 Å². The van der Waals surface area contributed by atoms with Crippen LogP contribution < -0.4 is 10.5 Å². The first-order chi connectivity index (χ1) is 8.34. The first-order valence-electron chi connectivity index (χ1n) is 5.25.